The first-order valence-electron chi connectivity index (χ1n) is 6.55. The lowest BCUT2D eigenvalue weighted by Gasteiger charge is -2.24. The lowest BCUT2D eigenvalue weighted by atomic mass is 10.2. The predicted molar refractivity (Wildman–Crippen MR) is 78.8 cm³/mol. The molecule has 5 heteroatoms. The fraction of sp³-hybridized carbons (Fsp3) is 0.200. The molecule has 0 saturated carbocycles. The summed E-state index contributed by atoms with van der Waals surface area (Å²) in [5.41, 5.74) is 8.01. The standard InChI is InChI=1S/C15H16N4O/c16-15(17)12-10-11(6-7-18-12)19-8-3-9-20-14-5-2-1-4-13(14)19/h1-2,4-7,10H,3,8-9H2,(H3,16,17). The summed E-state index contributed by atoms with van der Waals surface area (Å²) in [4.78, 5) is 6.28. The van der Waals surface area contributed by atoms with Gasteiger partial charge in [-0.3, -0.25) is 10.4 Å². The summed E-state index contributed by atoms with van der Waals surface area (Å²) in [6.45, 7) is 1.57. The molecule has 0 amide bonds. The quantitative estimate of drug-likeness (QED) is 0.647. The summed E-state index contributed by atoms with van der Waals surface area (Å²) >= 11 is 0. The average Bonchev–Trinajstić information content (AvgIpc) is 2.69. The molecule has 1 aliphatic rings. The Morgan fingerprint density at radius 1 is 1.30 bits per heavy atom. The molecule has 0 atom stereocenters. The van der Waals surface area contributed by atoms with Gasteiger partial charge >= 0.3 is 0 Å². The van der Waals surface area contributed by atoms with Gasteiger partial charge in [-0.15, -0.1) is 0 Å². The van der Waals surface area contributed by atoms with Crippen molar-refractivity contribution in [2.45, 2.75) is 6.42 Å². The van der Waals surface area contributed by atoms with E-state index < -0.39 is 0 Å². The number of pyridine rings is 1. The third-order valence-electron chi connectivity index (χ3n) is 3.27. The molecular formula is C15H16N4O. The van der Waals surface area contributed by atoms with Crippen LogP contribution in [0.2, 0.25) is 0 Å². The molecule has 1 aromatic heterocycles. The van der Waals surface area contributed by atoms with Gasteiger partial charge in [0.05, 0.1) is 12.3 Å². The van der Waals surface area contributed by atoms with Crippen LogP contribution in [-0.4, -0.2) is 24.0 Å². The van der Waals surface area contributed by atoms with Gasteiger partial charge in [0, 0.05) is 18.4 Å². The number of aromatic nitrogens is 1. The van der Waals surface area contributed by atoms with Crippen LogP contribution in [0.3, 0.4) is 0 Å². The number of hydrogen-bond acceptors (Lipinski definition) is 4. The summed E-state index contributed by atoms with van der Waals surface area (Å²) in [5.74, 6) is 0.859. The SMILES string of the molecule is N=C(N)c1cc(N2CCCOc3ccccc32)ccn1. The fourth-order valence-corrected chi connectivity index (χ4v) is 2.33. The topological polar surface area (TPSA) is 75.2 Å². The first-order chi connectivity index (χ1) is 9.75. The highest BCUT2D eigenvalue weighted by Gasteiger charge is 2.17. The van der Waals surface area contributed by atoms with E-state index in [0.29, 0.717) is 12.3 Å². The summed E-state index contributed by atoms with van der Waals surface area (Å²) in [5, 5.41) is 7.51. The Labute approximate surface area is 117 Å². The Bertz CT molecular complexity index is 641. The Morgan fingerprint density at radius 3 is 3.00 bits per heavy atom. The van der Waals surface area contributed by atoms with E-state index >= 15 is 0 Å². The molecule has 2 heterocycles. The van der Waals surface area contributed by atoms with Gasteiger partial charge in [-0.1, -0.05) is 12.1 Å². The second-order valence-corrected chi connectivity index (χ2v) is 4.63. The van der Waals surface area contributed by atoms with Gasteiger partial charge in [-0.2, -0.15) is 0 Å². The van der Waals surface area contributed by atoms with Crippen LogP contribution in [0, 0.1) is 5.41 Å². The zero-order valence-corrected chi connectivity index (χ0v) is 11.0. The molecule has 20 heavy (non-hydrogen) atoms. The van der Waals surface area contributed by atoms with Crippen molar-refractivity contribution in [1.82, 2.24) is 4.98 Å². The van der Waals surface area contributed by atoms with Crippen molar-refractivity contribution in [2.24, 2.45) is 5.73 Å². The number of rotatable bonds is 2. The van der Waals surface area contributed by atoms with E-state index in [-0.39, 0.29) is 5.84 Å². The second-order valence-electron chi connectivity index (χ2n) is 4.63. The number of amidine groups is 1. The molecule has 1 aliphatic heterocycles. The number of nitrogen functional groups attached to an aromatic ring is 1. The van der Waals surface area contributed by atoms with E-state index in [9.17, 15) is 0 Å². The number of para-hydroxylation sites is 2. The second kappa shape index (κ2) is 5.21. The predicted octanol–water partition coefficient (Wildman–Crippen LogP) is 2.29. The molecule has 5 nitrogen and oxygen atoms in total. The number of benzene rings is 1. The number of anilines is 2. The number of nitrogens with two attached hydrogens (primary N) is 1. The highest BCUT2D eigenvalue weighted by molar-refractivity contribution is 5.94. The van der Waals surface area contributed by atoms with Crippen molar-refractivity contribution in [2.75, 3.05) is 18.1 Å². The molecule has 2 aromatic rings. The monoisotopic (exact) mass is 268 g/mol. The minimum Gasteiger partial charge on any atom is -0.491 e. The van der Waals surface area contributed by atoms with Crippen molar-refractivity contribution >= 4 is 17.2 Å². The lowest BCUT2D eigenvalue weighted by molar-refractivity contribution is 0.322. The molecule has 3 rings (SSSR count). The largest absolute Gasteiger partial charge is 0.491 e. The van der Waals surface area contributed by atoms with Crippen molar-refractivity contribution in [1.29, 1.82) is 5.41 Å². The lowest BCUT2D eigenvalue weighted by Crippen LogP contribution is -2.19. The van der Waals surface area contributed by atoms with Crippen molar-refractivity contribution < 1.29 is 4.74 Å². The summed E-state index contributed by atoms with van der Waals surface area (Å²) in [7, 11) is 0. The van der Waals surface area contributed by atoms with Crippen LogP contribution in [-0.2, 0) is 0 Å². The smallest absolute Gasteiger partial charge is 0.142 e. The number of hydrogen-bond donors (Lipinski definition) is 2. The van der Waals surface area contributed by atoms with Crippen LogP contribution in [0.4, 0.5) is 11.4 Å². The third-order valence-corrected chi connectivity index (χ3v) is 3.27. The van der Waals surface area contributed by atoms with E-state index in [1.165, 1.54) is 0 Å². The maximum Gasteiger partial charge on any atom is 0.142 e. The average molecular weight is 268 g/mol. The van der Waals surface area contributed by atoms with Gasteiger partial charge in [0.25, 0.3) is 0 Å². The Balaban J connectivity index is 2.05. The summed E-state index contributed by atoms with van der Waals surface area (Å²) in [6.07, 6.45) is 2.62. The zero-order chi connectivity index (χ0) is 13.9. The van der Waals surface area contributed by atoms with Gasteiger partial charge in [-0.05, 0) is 30.7 Å². The molecule has 0 bridgehead atoms. The maximum atomic E-state index is 7.51. The highest BCUT2D eigenvalue weighted by Crippen LogP contribution is 2.35. The minimum absolute atomic E-state index is 0.0220. The van der Waals surface area contributed by atoms with Crippen LogP contribution in [0.5, 0.6) is 5.75 Å². The maximum absolute atomic E-state index is 7.51. The molecule has 0 saturated heterocycles. The molecule has 102 valence electrons. The van der Waals surface area contributed by atoms with Crippen molar-refractivity contribution in [3.8, 4) is 5.75 Å². The fourth-order valence-electron chi connectivity index (χ4n) is 2.33. The summed E-state index contributed by atoms with van der Waals surface area (Å²) < 4.78 is 5.75. The Hall–Kier alpha value is -2.56. The highest BCUT2D eigenvalue weighted by atomic mass is 16.5. The normalized spacial score (nSPS) is 14.1. The Kier molecular flexibility index (Phi) is 3.25. The number of nitrogens with one attached hydrogen (secondary N) is 1. The van der Waals surface area contributed by atoms with Gasteiger partial charge in [0.15, 0.2) is 0 Å². The molecule has 3 N–H and O–H groups in total. The van der Waals surface area contributed by atoms with Gasteiger partial charge < -0.3 is 15.4 Å². The summed E-state index contributed by atoms with van der Waals surface area (Å²) in [6, 6.07) is 11.7. The number of ether oxygens (including phenoxy) is 1. The van der Waals surface area contributed by atoms with Crippen LogP contribution in [0.25, 0.3) is 0 Å². The van der Waals surface area contributed by atoms with E-state index in [0.717, 1.165) is 30.1 Å². The molecule has 1 aromatic carbocycles. The van der Waals surface area contributed by atoms with Crippen LogP contribution < -0.4 is 15.4 Å². The Morgan fingerprint density at radius 2 is 2.15 bits per heavy atom. The van der Waals surface area contributed by atoms with Crippen LogP contribution in [0.1, 0.15) is 12.1 Å². The van der Waals surface area contributed by atoms with Crippen molar-refractivity contribution in [3.05, 3.63) is 48.3 Å². The van der Waals surface area contributed by atoms with E-state index in [4.69, 9.17) is 15.9 Å². The minimum atomic E-state index is -0.0220. The number of nitrogens with zero attached hydrogens (tertiary/aromatic N) is 2. The van der Waals surface area contributed by atoms with Gasteiger partial charge in [0.1, 0.15) is 17.3 Å². The third kappa shape index (κ3) is 2.30. The molecule has 0 spiro atoms. The van der Waals surface area contributed by atoms with E-state index in [2.05, 4.69) is 9.88 Å². The van der Waals surface area contributed by atoms with Gasteiger partial charge in [0.2, 0.25) is 0 Å². The number of fused-ring (bicyclic) bond motifs is 1. The van der Waals surface area contributed by atoms with E-state index in [1.54, 1.807) is 6.20 Å². The molecular weight excluding hydrogens is 252 g/mol. The first-order valence-corrected chi connectivity index (χ1v) is 6.55. The first kappa shape index (κ1) is 12.5. The molecule has 0 radical (unpaired) electrons. The molecule has 0 aliphatic carbocycles. The van der Waals surface area contributed by atoms with Crippen LogP contribution in [0.15, 0.2) is 42.6 Å². The van der Waals surface area contributed by atoms with Gasteiger partial charge in [-0.25, -0.2) is 0 Å². The zero-order valence-electron chi connectivity index (χ0n) is 11.0. The van der Waals surface area contributed by atoms with Crippen LogP contribution >= 0.6 is 0 Å². The molecule has 0 unspecified atom stereocenters. The van der Waals surface area contributed by atoms with E-state index in [1.807, 2.05) is 36.4 Å². The molecule has 0 fully saturated rings. The van der Waals surface area contributed by atoms with Crippen molar-refractivity contribution in [3.63, 3.8) is 0 Å².